The third-order valence-electron chi connectivity index (χ3n) is 2.65. The fourth-order valence-electron chi connectivity index (χ4n) is 1.35. The van der Waals surface area contributed by atoms with Crippen LogP contribution >= 0.6 is 11.6 Å². The lowest BCUT2D eigenvalue weighted by Gasteiger charge is -2.06. The van der Waals surface area contributed by atoms with Crippen molar-refractivity contribution in [1.82, 2.24) is 10.6 Å². The summed E-state index contributed by atoms with van der Waals surface area (Å²) in [6.07, 6.45) is 3.38. The average Bonchev–Trinajstić information content (AvgIpc) is 2.38. The molecular weight excluding hydrogens is 248 g/mol. The number of rotatable bonds is 5. The fourth-order valence-corrected chi connectivity index (χ4v) is 1.58. The number of carbonyl (C=O) groups is 1. The van der Waals surface area contributed by atoms with Crippen LogP contribution in [0, 0.1) is 0 Å². The molecule has 0 spiro atoms. The van der Waals surface area contributed by atoms with Crippen molar-refractivity contribution < 1.29 is 4.79 Å². The largest absolute Gasteiger partial charge is 0.338 e. The van der Waals surface area contributed by atoms with Crippen LogP contribution in [0.15, 0.2) is 36.0 Å². The molecule has 0 aliphatic carbocycles. The van der Waals surface area contributed by atoms with Crippen LogP contribution in [0.25, 0.3) is 0 Å². The second kappa shape index (κ2) is 7.77. The minimum atomic E-state index is -0.185. The fraction of sp³-hybridized carbons (Fsp3) is 0.357. The zero-order chi connectivity index (χ0) is 13.4. The topological polar surface area (TPSA) is 41.1 Å². The summed E-state index contributed by atoms with van der Waals surface area (Å²) < 4.78 is 0. The first-order valence-electron chi connectivity index (χ1n) is 6.07. The van der Waals surface area contributed by atoms with Crippen molar-refractivity contribution in [3.05, 3.63) is 46.6 Å². The van der Waals surface area contributed by atoms with Gasteiger partial charge in [0.15, 0.2) is 0 Å². The third-order valence-corrected chi connectivity index (χ3v) is 3.01. The number of halogens is 1. The highest BCUT2D eigenvalue weighted by Gasteiger charge is 2.00. The highest BCUT2D eigenvalue weighted by Crippen LogP contribution is 2.14. The van der Waals surface area contributed by atoms with Gasteiger partial charge in [-0.05, 0) is 31.4 Å². The van der Waals surface area contributed by atoms with Gasteiger partial charge in [-0.2, -0.15) is 0 Å². The summed E-state index contributed by atoms with van der Waals surface area (Å²) in [5.41, 5.74) is 2.18. The maximum absolute atomic E-state index is 11.4. The van der Waals surface area contributed by atoms with E-state index in [1.54, 1.807) is 6.20 Å². The van der Waals surface area contributed by atoms with Crippen LogP contribution in [-0.4, -0.2) is 12.6 Å². The average molecular weight is 267 g/mol. The summed E-state index contributed by atoms with van der Waals surface area (Å²) in [4.78, 5) is 11.4. The number of amides is 2. The summed E-state index contributed by atoms with van der Waals surface area (Å²) in [6, 6.07) is 7.46. The summed E-state index contributed by atoms with van der Waals surface area (Å²) in [5.74, 6) is 0. The molecule has 1 aromatic carbocycles. The Balaban J connectivity index is 2.30. The van der Waals surface area contributed by atoms with E-state index in [1.165, 1.54) is 0 Å². The monoisotopic (exact) mass is 266 g/mol. The molecule has 0 radical (unpaired) electrons. The molecule has 0 fully saturated rings. The van der Waals surface area contributed by atoms with Gasteiger partial charge in [0, 0.05) is 17.8 Å². The highest BCUT2D eigenvalue weighted by atomic mass is 35.5. The van der Waals surface area contributed by atoms with Crippen LogP contribution in [-0.2, 0) is 6.42 Å². The summed E-state index contributed by atoms with van der Waals surface area (Å²) in [7, 11) is 0. The lowest BCUT2D eigenvalue weighted by atomic mass is 10.1. The van der Waals surface area contributed by atoms with Crippen molar-refractivity contribution in [1.29, 1.82) is 0 Å². The predicted molar refractivity (Wildman–Crippen MR) is 75.7 cm³/mol. The van der Waals surface area contributed by atoms with Crippen LogP contribution in [0.5, 0.6) is 0 Å². The van der Waals surface area contributed by atoms with Gasteiger partial charge in [-0.15, -0.1) is 0 Å². The maximum Gasteiger partial charge on any atom is 0.318 e. The van der Waals surface area contributed by atoms with E-state index in [-0.39, 0.29) is 6.03 Å². The second-order valence-electron chi connectivity index (χ2n) is 4.09. The van der Waals surface area contributed by atoms with E-state index in [0.717, 1.165) is 29.0 Å². The Bertz CT molecular complexity index is 430. The molecule has 0 bridgehead atoms. The Kier molecular flexibility index (Phi) is 6.29. The lowest BCUT2D eigenvalue weighted by molar-refractivity contribution is 0.244. The summed E-state index contributed by atoms with van der Waals surface area (Å²) in [6.45, 7) is 4.58. The molecular formula is C14H19ClN2O. The van der Waals surface area contributed by atoms with Gasteiger partial charge < -0.3 is 10.6 Å². The molecule has 4 heteroatoms. The molecule has 0 aromatic heterocycles. The summed E-state index contributed by atoms with van der Waals surface area (Å²) >= 11 is 6.02. The molecule has 1 rings (SSSR count). The van der Waals surface area contributed by atoms with Crippen LogP contribution in [0.1, 0.15) is 25.8 Å². The molecule has 0 unspecified atom stereocenters. The molecule has 0 aliphatic heterocycles. The Morgan fingerprint density at radius 3 is 2.78 bits per heavy atom. The third kappa shape index (κ3) is 5.23. The highest BCUT2D eigenvalue weighted by molar-refractivity contribution is 6.31. The molecule has 0 aliphatic rings. The smallest absolute Gasteiger partial charge is 0.318 e. The van der Waals surface area contributed by atoms with Crippen molar-refractivity contribution in [2.45, 2.75) is 26.7 Å². The molecule has 2 amide bonds. The molecule has 98 valence electrons. The first-order chi connectivity index (χ1) is 8.63. The zero-order valence-electron chi connectivity index (χ0n) is 10.8. The van der Waals surface area contributed by atoms with E-state index in [2.05, 4.69) is 10.6 Å². The first kappa shape index (κ1) is 14.6. The van der Waals surface area contributed by atoms with E-state index in [9.17, 15) is 4.79 Å². The molecule has 1 aromatic rings. The lowest BCUT2D eigenvalue weighted by Crippen LogP contribution is -2.33. The van der Waals surface area contributed by atoms with E-state index >= 15 is 0 Å². The van der Waals surface area contributed by atoms with E-state index in [0.29, 0.717) is 6.54 Å². The van der Waals surface area contributed by atoms with Crippen molar-refractivity contribution in [3.8, 4) is 0 Å². The first-order valence-corrected chi connectivity index (χ1v) is 6.44. The van der Waals surface area contributed by atoms with E-state index in [1.807, 2.05) is 38.1 Å². The Morgan fingerprint density at radius 2 is 2.11 bits per heavy atom. The van der Waals surface area contributed by atoms with Crippen LogP contribution in [0.3, 0.4) is 0 Å². The number of hydrogen-bond acceptors (Lipinski definition) is 1. The Morgan fingerprint density at radius 1 is 1.39 bits per heavy atom. The molecule has 18 heavy (non-hydrogen) atoms. The molecule has 3 nitrogen and oxygen atoms in total. The Hall–Kier alpha value is -1.48. The SMILES string of the molecule is CC/C(C)=C/NC(=O)NCCc1ccccc1Cl. The van der Waals surface area contributed by atoms with Gasteiger partial charge in [0.05, 0.1) is 0 Å². The molecule has 0 saturated carbocycles. The number of hydrogen-bond donors (Lipinski definition) is 2. The van der Waals surface area contributed by atoms with Crippen LogP contribution in [0.4, 0.5) is 4.79 Å². The number of carbonyl (C=O) groups excluding carboxylic acids is 1. The minimum absolute atomic E-state index is 0.185. The van der Waals surface area contributed by atoms with Gasteiger partial charge in [-0.3, -0.25) is 0 Å². The van der Waals surface area contributed by atoms with Crippen molar-refractivity contribution in [2.24, 2.45) is 0 Å². The maximum atomic E-state index is 11.4. The number of nitrogens with one attached hydrogen (secondary N) is 2. The van der Waals surface area contributed by atoms with E-state index in [4.69, 9.17) is 11.6 Å². The van der Waals surface area contributed by atoms with Crippen molar-refractivity contribution in [3.63, 3.8) is 0 Å². The van der Waals surface area contributed by atoms with Crippen LogP contribution < -0.4 is 10.6 Å². The van der Waals surface area contributed by atoms with Gasteiger partial charge in [-0.25, -0.2) is 4.79 Å². The quantitative estimate of drug-likeness (QED) is 0.842. The Labute approximate surface area is 113 Å². The van der Waals surface area contributed by atoms with Gasteiger partial charge in [-0.1, -0.05) is 42.3 Å². The van der Waals surface area contributed by atoms with Gasteiger partial charge in [0.2, 0.25) is 0 Å². The second-order valence-corrected chi connectivity index (χ2v) is 4.49. The number of allylic oxidation sites excluding steroid dienone is 1. The molecule has 2 N–H and O–H groups in total. The normalized spacial score (nSPS) is 11.2. The standard InChI is InChI=1S/C14H19ClN2O/c1-3-11(2)10-17-14(18)16-9-8-12-6-4-5-7-13(12)15/h4-7,10H,3,8-9H2,1-2H3,(H2,16,17,18)/b11-10+. The van der Waals surface area contributed by atoms with Crippen molar-refractivity contribution >= 4 is 17.6 Å². The summed E-state index contributed by atoms with van der Waals surface area (Å²) in [5, 5.41) is 6.21. The van der Waals surface area contributed by atoms with E-state index < -0.39 is 0 Å². The number of urea groups is 1. The van der Waals surface area contributed by atoms with Gasteiger partial charge in [0.1, 0.15) is 0 Å². The molecule has 0 saturated heterocycles. The predicted octanol–water partition coefficient (Wildman–Crippen LogP) is 3.50. The minimum Gasteiger partial charge on any atom is -0.338 e. The van der Waals surface area contributed by atoms with Crippen molar-refractivity contribution in [2.75, 3.05) is 6.54 Å². The molecule has 0 atom stereocenters. The number of benzene rings is 1. The van der Waals surface area contributed by atoms with Crippen LogP contribution in [0.2, 0.25) is 5.02 Å². The van der Waals surface area contributed by atoms with Gasteiger partial charge in [0.25, 0.3) is 0 Å². The molecule has 0 heterocycles. The zero-order valence-corrected chi connectivity index (χ0v) is 11.6. The van der Waals surface area contributed by atoms with Gasteiger partial charge >= 0.3 is 6.03 Å².